The van der Waals surface area contributed by atoms with Crippen molar-refractivity contribution in [3.63, 3.8) is 0 Å². The maximum Gasteiger partial charge on any atom is 0.416 e. The molecule has 1 aromatic heterocycles. The standard InChI is InChI=1S/C12H12F3N3S/c1-7(16)10-6-17-11(19-10)18-9-4-2-8(3-5-9)12(13,14)15/h2-7H,16H2,1H3,(H,17,18)/t7-/m0/s1. The summed E-state index contributed by atoms with van der Waals surface area (Å²) < 4.78 is 37.2. The molecule has 0 unspecified atom stereocenters. The van der Waals surface area contributed by atoms with Crippen molar-refractivity contribution in [3.8, 4) is 0 Å². The van der Waals surface area contributed by atoms with Gasteiger partial charge in [0, 0.05) is 22.8 Å². The van der Waals surface area contributed by atoms with E-state index >= 15 is 0 Å². The number of nitrogens with zero attached hydrogens (tertiary/aromatic N) is 1. The lowest BCUT2D eigenvalue weighted by molar-refractivity contribution is -0.137. The molecule has 0 fully saturated rings. The number of hydrogen-bond donors (Lipinski definition) is 2. The molecule has 0 aliphatic carbocycles. The maximum atomic E-state index is 12.4. The summed E-state index contributed by atoms with van der Waals surface area (Å²) in [7, 11) is 0. The highest BCUT2D eigenvalue weighted by atomic mass is 32.1. The van der Waals surface area contributed by atoms with E-state index in [1.165, 1.54) is 23.5 Å². The van der Waals surface area contributed by atoms with Gasteiger partial charge in [0.2, 0.25) is 0 Å². The zero-order chi connectivity index (χ0) is 14.0. The van der Waals surface area contributed by atoms with E-state index in [9.17, 15) is 13.2 Å². The third-order valence-electron chi connectivity index (χ3n) is 2.44. The SMILES string of the molecule is C[C@H](N)c1cnc(Nc2ccc(C(F)(F)F)cc2)s1. The lowest BCUT2D eigenvalue weighted by Crippen LogP contribution is -2.04. The molecule has 0 amide bonds. The molecule has 0 saturated heterocycles. The summed E-state index contributed by atoms with van der Waals surface area (Å²) in [5.41, 5.74) is 5.59. The molecule has 1 heterocycles. The molecule has 3 nitrogen and oxygen atoms in total. The van der Waals surface area contributed by atoms with Crippen molar-refractivity contribution < 1.29 is 13.2 Å². The molecule has 1 aromatic carbocycles. The van der Waals surface area contributed by atoms with Gasteiger partial charge in [-0.3, -0.25) is 0 Å². The molecule has 0 spiro atoms. The summed E-state index contributed by atoms with van der Waals surface area (Å²) in [6.07, 6.45) is -2.66. The summed E-state index contributed by atoms with van der Waals surface area (Å²) >= 11 is 1.38. The molecular weight excluding hydrogens is 275 g/mol. The Balaban J connectivity index is 2.11. The predicted octanol–water partition coefficient (Wildman–Crippen LogP) is 3.93. The van der Waals surface area contributed by atoms with Gasteiger partial charge < -0.3 is 11.1 Å². The highest BCUT2D eigenvalue weighted by molar-refractivity contribution is 7.15. The minimum Gasteiger partial charge on any atom is -0.332 e. The van der Waals surface area contributed by atoms with Crippen molar-refractivity contribution in [1.82, 2.24) is 4.98 Å². The van der Waals surface area contributed by atoms with Crippen LogP contribution in [0.25, 0.3) is 0 Å². The molecule has 3 N–H and O–H groups in total. The van der Waals surface area contributed by atoms with Crippen molar-refractivity contribution in [3.05, 3.63) is 40.9 Å². The van der Waals surface area contributed by atoms with Crippen molar-refractivity contribution in [2.75, 3.05) is 5.32 Å². The summed E-state index contributed by atoms with van der Waals surface area (Å²) in [5, 5.41) is 3.55. The van der Waals surface area contributed by atoms with Crippen LogP contribution in [-0.2, 0) is 6.18 Å². The van der Waals surface area contributed by atoms with Gasteiger partial charge in [0.15, 0.2) is 5.13 Å². The Bertz CT molecular complexity index is 546. The second-order valence-electron chi connectivity index (χ2n) is 4.06. The zero-order valence-corrected chi connectivity index (χ0v) is 10.8. The average molecular weight is 287 g/mol. The van der Waals surface area contributed by atoms with E-state index in [-0.39, 0.29) is 6.04 Å². The Labute approximate surface area is 112 Å². The number of hydrogen-bond acceptors (Lipinski definition) is 4. The monoisotopic (exact) mass is 287 g/mol. The van der Waals surface area contributed by atoms with Gasteiger partial charge in [-0.05, 0) is 31.2 Å². The van der Waals surface area contributed by atoms with Gasteiger partial charge in [-0.2, -0.15) is 13.2 Å². The van der Waals surface area contributed by atoms with Crippen LogP contribution in [0, 0.1) is 0 Å². The second kappa shape index (κ2) is 5.18. The van der Waals surface area contributed by atoms with Crippen LogP contribution in [0.3, 0.4) is 0 Å². The van der Waals surface area contributed by atoms with Crippen LogP contribution in [0.1, 0.15) is 23.4 Å². The minimum absolute atomic E-state index is 0.111. The first-order valence-corrected chi connectivity index (χ1v) is 6.33. The van der Waals surface area contributed by atoms with E-state index in [4.69, 9.17) is 5.73 Å². The molecule has 0 aliphatic rings. The smallest absolute Gasteiger partial charge is 0.332 e. The Kier molecular flexibility index (Phi) is 3.77. The van der Waals surface area contributed by atoms with E-state index in [2.05, 4.69) is 10.3 Å². The van der Waals surface area contributed by atoms with Crippen molar-refractivity contribution in [2.45, 2.75) is 19.1 Å². The number of alkyl halides is 3. The van der Waals surface area contributed by atoms with E-state index in [0.717, 1.165) is 17.0 Å². The quantitative estimate of drug-likeness (QED) is 0.899. The highest BCUT2D eigenvalue weighted by Gasteiger charge is 2.29. The normalized spacial score (nSPS) is 13.3. The fourth-order valence-electron chi connectivity index (χ4n) is 1.42. The van der Waals surface area contributed by atoms with Crippen LogP contribution in [-0.4, -0.2) is 4.98 Å². The topological polar surface area (TPSA) is 50.9 Å². The van der Waals surface area contributed by atoms with Crippen LogP contribution in [0.2, 0.25) is 0 Å². The molecule has 2 rings (SSSR count). The summed E-state index contributed by atoms with van der Waals surface area (Å²) in [5.74, 6) is 0. The number of aromatic nitrogens is 1. The minimum atomic E-state index is -4.32. The van der Waals surface area contributed by atoms with E-state index in [0.29, 0.717) is 10.8 Å². The number of nitrogens with two attached hydrogens (primary N) is 1. The second-order valence-corrected chi connectivity index (χ2v) is 5.12. The number of halogens is 3. The molecule has 19 heavy (non-hydrogen) atoms. The van der Waals surface area contributed by atoms with Gasteiger partial charge in [-0.1, -0.05) is 0 Å². The summed E-state index contributed by atoms with van der Waals surface area (Å²) in [4.78, 5) is 5.02. The van der Waals surface area contributed by atoms with Gasteiger partial charge in [-0.15, -0.1) is 11.3 Å². The van der Waals surface area contributed by atoms with E-state index < -0.39 is 11.7 Å². The third kappa shape index (κ3) is 3.45. The predicted molar refractivity (Wildman–Crippen MR) is 69.4 cm³/mol. The molecule has 1 atom stereocenters. The number of rotatable bonds is 3. The number of anilines is 2. The van der Waals surface area contributed by atoms with E-state index in [1.807, 2.05) is 6.92 Å². The summed E-state index contributed by atoms with van der Waals surface area (Å²) in [6.45, 7) is 1.84. The Hall–Kier alpha value is -1.60. The average Bonchev–Trinajstić information content (AvgIpc) is 2.77. The zero-order valence-electron chi connectivity index (χ0n) is 10.0. The first-order valence-electron chi connectivity index (χ1n) is 5.52. The van der Waals surface area contributed by atoms with Gasteiger partial charge in [-0.25, -0.2) is 4.98 Å². The van der Waals surface area contributed by atoms with Gasteiger partial charge in [0.25, 0.3) is 0 Å². The number of nitrogens with one attached hydrogen (secondary N) is 1. The fourth-order valence-corrected chi connectivity index (χ4v) is 2.21. The Morgan fingerprint density at radius 1 is 1.26 bits per heavy atom. The third-order valence-corrected chi connectivity index (χ3v) is 3.55. The van der Waals surface area contributed by atoms with E-state index in [1.54, 1.807) is 6.20 Å². The molecule has 102 valence electrons. The lowest BCUT2D eigenvalue weighted by atomic mass is 10.2. The van der Waals surface area contributed by atoms with Crippen LogP contribution in [0.4, 0.5) is 24.0 Å². The van der Waals surface area contributed by atoms with Crippen LogP contribution < -0.4 is 11.1 Å². The molecule has 0 aliphatic heterocycles. The van der Waals surface area contributed by atoms with Crippen LogP contribution in [0.5, 0.6) is 0 Å². The van der Waals surface area contributed by atoms with Gasteiger partial charge >= 0.3 is 6.18 Å². The molecule has 0 bridgehead atoms. The fraction of sp³-hybridized carbons (Fsp3) is 0.250. The molecule has 0 radical (unpaired) electrons. The van der Waals surface area contributed by atoms with Crippen molar-refractivity contribution in [2.24, 2.45) is 5.73 Å². The van der Waals surface area contributed by atoms with Crippen molar-refractivity contribution in [1.29, 1.82) is 0 Å². The van der Waals surface area contributed by atoms with Crippen LogP contribution >= 0.6 is 11.3 Å². The molecule has 0 saturated carbocycles. The van der Waals surface area contributed by atoms with Gasteiger partial charge in [0.05, 0.1) is 5.56 Å². The number of benzene rings is 1. The van der Waals surface area contributed by atoms with Crippen LogP contribution in [0.15, 0.2) is 30.5 Å². The number of thiazole rings is 1. The van der Waals surface area contributed by atoms with Gasteiger partial charge in [0.1, 0.15) is 0 Å². The van der Waals surface area contributed by atoms with Crippen molar-refractivity contribution >= 4 is 22.2 Å². The maximum absolute atomic E-state index is 12.4. The first kappa shape index (κ1) is 13.8. The first-order chi connectivity index (χ1) is 8.86. The highest BCUT2D eigenvalue weighted by Crippen LogP contribution is 2.31. The molecular formula is C12H12F3N3S. The lowest BCUT2D eigenvalue weighted by Gasteiger charge is -2.07. The molecule has 7 heteroatoms. The summed E-state index contributed by atoms with van der Waals surface area (Å²) in [6, 6.07) is 4.69. The Morgan fingerprint density at radius 2 is 1.89 bits per heavy atom. The largest absolute Gasteiger partial charge is 0.416 e. The molecule has 2 aromatic rings. The Morgan fingerprint density at radius 3 is 2.37 bits per heavy atom.